The molecule has 0 fully saturated rings. The number of thioether (sulfide) groups is 2. The van der Waals surface area contributed by atoms with Crippen LogP contribution in [0.5, 0.6) is 0 Å². The Morgan fingerprint density at radius 2 is 0.947 bits per heavy atom. The highest BCUT2D eigenvalue weighted by Crippen LogP contribution is 2.32. The minimum atomic E-state index is 1.18. The summed E-state index contributed by atoms with van der Waals surface area (Å²) in [6, 6.07) is 23.6. The Kier molecular flexibility index (Phi) is 11.3. The molecule has 0 aliphatic rings. The topological polar surface area (TPSA) is 0 Å². The third kappa shape index (κ3) is 7.70. The summed E-state index contributed by atoms with van der Waals surface area (Å²) >= 11 is 3.68. The number of rotatable bonds is 14. The lowest BCUT2D eigenvalue weighted by Gasteiger charge is -2.10. The van der Waals surface area contributed by atoms with Gasteiger partial charge in [-0.15, -0.1) is 23.5 Å². The zero-order valence-corrected chi connectivity index (χ0v) is 25.4. The van der Waals surface area contributed by atoms with Crippen molar-refractivity contribution in [2.75, 3.05) is 12.5 Å². The van der Waals surface area contributed by atoms with E-state index in [2.05, 4.69) is 99.2 Å². The van der Waals surface area contributed by atoms with Gasteiger partial charge in [0.05, 0.1) is 0 Å². The van der Waals surface area contributed by atoms with Gasteiger partial charge in [0.15, 0.2) is 0 Å². The summed E-state index contributed by atoms with van der Waals surface area (Å²) in [6.45, 7) is 4.56. The van der Waals surface area contributed by atoms with Gasteiger partial charge < -0.3 is 0 Å². The fourth-order valence-electron chi connectivity index (χ4n) is 5.30. The third-order valence-electron chi connectivity index (χ3n) is 7.59. The molecule has 0 nitrogen and oxygen atoms in total. The summed E-state index contributed by atoms with van der Waals surface area (Å²) in [7, 11) is 0. The average Bonchev–Trinajstić information content (AvgIpc) is 2.95. The van der Waals surface area contributed by atoms with E-state index in [4.69, 9.17) is 0 Å². The van der Waals surface area contributed by atoms with Gasteiger partial charge in [-0.05, 0) is 106 Å². The molecule has 0 atom stereocenters. The second-order valence-corrected chi connectivity index (χ2v) is 12.2. The first-order valence-corrected chi connectivity index (χ1v) is 17.0. The summed E-state index contributed by atoms with van der Waals surface area (Å²) in [5.41, 5.74) is 5.55. The number of benzene rings is 4. The molecule has 4 aromatic carbocycles. The molecule has 0 saturated carbocycles. The molecule has 0 radical (unpaired) electrons. The molecular formula is C36H44S2. The van der Waals surface area contributed by atoms with Crippen molar-refractivity contribution in [1.82, 2.24) is 0 Å². The van der Waals surface area contributed by atoms with Crippen molar-refractivity contribution in [1.29, 1.82) is 0 Å². The quantitative estimate of drug-likeness (QED) is 0.0886. The monoisotopic (exact) mass is 540 g/mol. The van der Waals surface area contributed by atoms with Gasteiger partial charge in [0.2, 0.25) is 0 Å². The van der Waals surface area contributed by atoms with E-state index in [0.717, 1.165) is 0 Å². The maximum atomic E-state index is 2.41. The molecule has 4 aromatic rings. The van der Waals surface area contributed by atoms with Gasteiger partial charge in [-0.2, -0.15) is 0 Å². The molecule has 0 aliphatic heterocycles. The molecule has 0 bridgehead atoms. The molecule has 0 heterocycles. The van der Waals surface area contributed by atoms with Crippen LogP contribution < -0.4 is 0 Å². The van der Waals surface area contributed by atoms with Crippen LogP contribution in [-0.2, 0) is 12.8 Å². The van der Waals surface area contributed by atoms with Crippen molar-refractivity contribution in [3.05, 3.63) is 82.9 Å². The van der Waals surface area contributed by atoms with E-state index in [-0.39, 0.29) is 0 Å². The standard InChI is InChI=1S/C36H44S2/c1-5-7-9-11-13-27-15-17-29-25-35(37-3)31(23-33(29)21-27)19-20-32-24-34-22-28(14-12-10-8-6-2)16-18-30(34)26-36(32)38-4/h15-26H,5-14H2,1-4H3/b20-19+. The molecule has 0 spiro atoms. The fraction of sp³-hybridized carbons (Fsp3) is 0.389. The predicted molar refractivity (Wildman–Crippen MR) is 176 cm³/mol. The summed E-state index contributed by atoms with van der Waals surface area (Å²) < 4.78 is 0. The first-order chi connectivity index (χ1) is 18.6. The second kappa shape index (κ2) is 14.8. The molecule has 0 unspecified atom stereocenters. The van der Waals surface area contributed by atoms with Crippen LogP contribution in [0, 0.1) is 0 Å². The molecule has 0 aliphatic carbocycles. The SMILES string of the molecule is CCCCCCc1ccc2cc(SC)c(/C=C/c3cc4cc(CCCCCC)ccc4cc3SC)cc2c1. The van der Waals surface area contributed by atoms with Crippen molar-refractivity contribution >= 4 is 57.2 Å². The van der Waals surface area contributed by atoms with Crippen molar-refractivity contribution in [2.45, 2.75) is 87.8 Å². The second-order valence-electron chi connectivity index (χ2n) is 10.5. The zero-order valence-electron chi connectivity index (χ0n) is 23.8. The van der Waals surface area contributed by atoms with Gasteiger partial charge in [-0.1, -0.05) is 101 Å². The van der Waals surface area contributed by atoms with Gasteiger partial charge in [0.1, 0.15) is 0 Å². The number of hydrogen-bond acceptors (Lipinski definition) is 2. The van der Waals surface area contributed by atoms with Gasteiger partial charge in [-0.3, -0.25) is 0 Å². The minimum Gasteiger partial charge on any atom is -0.129 e. The van der Waals surface area contributed by atoms with E-state index in [0.29, 0.717) is 0 Å². The van der Waals surface area contributed by atoms with Crippen molar-refractivity contribution < 1.29 is 0 Å². The third-order valence-corrected chi connectivity index (χ3v) is 9.17. The van der Waals surface area contributed by atoms with E-state index < -0.39 is 0 Å². The summed E-state index contributed by atoms with van der Waals surface area (Å²) in [5.74, 6) is 0. The Balaban J connectivity index is 1.61. The van der Waals surface area contributed by atoms with E-state index >= 15 is 0 Å². The van der Waals surface area contributed by atoms with E-state index in [1.54, 1.807) is 0 Å². The summed E-state index contributed by atoms with van der Waals surface area (Å²) in [6.07, 6.45) is 21.9. The Morgan fingerprint density at radius 1 is 0.500 bits per heavy atom. The van der Waals surface area contributed by atoms with Gasteiger partial charge in [0, 0.05) is 9.79 Å². The summed E-state index contributed by atoms with van der Waals surface area (Å²) in [5, 5.41) is 5.38. The smallest absolute Gasteiger partial charge is 0.0148 e. The predicted octanol–water partition coefficient (Wildman–Crippen LogP) is 11.9. The molecule has 4 rings (SSSR count). The molecule has 0 N–H and O–H groups in total. The van der Waals surface area contributed by atoms with E-state index in [9.17, 15) is 0 Å². The van der Waals surface area contributed by atoms with Crippen molar-refractivity contribution in [3.8, 4) is 0 Å². The van der Waals surface area contributed by atoms with Crippen LogP contribution in [0.3, 0.4) is 0 Å². The summed E-state index contributed by atoms with van der Waals surface area (Å²) in [4.78, 5) is 2.68. The Hall–Kier alpha value is -2.16. The number of fused-ring (bicyclic) bond motifs is 2. The lowest BCUT2D eigenvalue weighted by Crippen LogP contribution is -1.89. The first-order valence-electron chi connectivity index (χ1n) is 14.5. The fourth-order valence-corrected chi connectivity index (χ4v) is 6.52. The average molecular weight is 541 g/mol. The van der Waals surface area contributed by atoms with Gasteiger partial charge >= 0.3 is 0 Å². The van der Waals surface area contributed by atoms with Gasteiger partial charge in [0.25, 0.3) is 0 Å². The first kappa shape index (κ1) is 28.8. The van der Waals surface area contributed by atoms with Crippen LogP contribution in [0.2, 0.25) is 0 Å². The molecule has 2 heteroatoms. The molecule has 38 heavy (non-hydrogen) atoms. The lowest BCUT2D eigenvalue weighted by molar-refractivity contribution is 0.667. The Bertz CT molecular complexity index is 1260. The van der Waals surface area contributed by atoms with E-state index in [1.165, 1.54) is 118 Å². The Labute approximate surface area is 239 Å². The Morgan fingerprint density at radius 3 is 1.34 bits per heavy atom. The van der Waals surface area contributed by atoms with Crippen LogP contribution in [0.1, 0.15) is 87.5 Å². The highest BCUT2D eigenvalue weighted by atomic mass is 32.2. The lowest BCUT2D eigenvalue weighted by atomic mass is 9.99. The van der Waals surface area contributed by atoms with Gasteiger partial charge in [-0.25, -0.2) is 0 Å². The minimum absolute atomic E-state index is 1.18. The highest BCUT2D eigenvalue weighted by Gasteiger charge is 2.07. The van der Waals surface area contributed by atoms with Crippen LogP contribution in [0.15, 0.2) is 70.5 Å². The van der Waals surface area contributed by atoms with Crippen LogP contribution in [0.4, 0.5) is 0 Å². The largest absolute Gasteiger partial charge is 0.129 e. The van der Waals surface area contributed by atoms with Crippen LogP contribution >= 0.6 is 23.5 Å². The normalized spacial score (nSPS) is 11.8. The van der Waals surface area contributed by atoms with Crippen molar-refractivity contribution in [3.63, 3.8) is 0 Å². The molecule has 0 amide bonds. The van der Waals surface area contributed by atoms with Crippen LogP contribution in [-0.4, -0.2) is 12.5 Å². The maximum absolute atomic E-state index is 2.41. The number of unbranched alkanes of at least 4 members (excludes halogenated alkanes) is 6. The zero-order chi connectivity index (χ0) is 26.7. The number of hydrogen-bond donors (Lipinski definition) is 0. The molecular weight excluding hydrogens is 497 g/mol. The van der Waals surface area contributed by atoms with Crippen LogP contribution in [0.25, 0.3) is 33.7 Å². The number of aryl methyl sites for hydroxylation is 2. The highest BCUT2D eigenvalue weighted by molar-refractivity contribution is 7.99. The molecule has 0 aromatic heterocycles. The molecule has 0 saturated heterocycles. The van der Waals surface area contributed by atoms with E-state index in [1.807, 2.05) is 23.5 Å². The van der Waals surface area contributed by atoms with Crippen molar-refractivity contribution in [2.24, 2.45) is 0 Å². The molecule has 200 valence electrons. The maximum Gasteiger partial charge on any atom is 0.0148 e.